The molecule has 0 aliphatic carbocycles. The number of carbonyl (C=O) groups is 2. The molecule has 0 saturated carbocycles. The van der Waals surface area contributed by atoms with Gasteiger partial charge in [-0.25, -0.2) is 8.42 Å². The summed E-state index contributed by atoms with van der Waals surface area (Å²) < 4.78 is 29.9. The molecule has 120 valence electrons. The van der Waals surface area contributed by atoms with Crippen molar-refractivity contribution in [2.24, 2.45) is 0 Å². The van der Waals surface area contributed by atoms with Crippen LogP contribution in [0.2, 0.25) is 0 Å². The largest absolute Gasteiger partial charge is 0.454 e. The fourth-order valence-electron chi connectivity index (χ4n) is 2.35. The van der Waals surface area contributed by atoms with Crippen LogP contribution in [0.5, 0.6) is 0 Å². The zero-order valence-electron chi connectivity index (χ0n) is 12.4. The van der Waals surface area contributed by atoms with E-state index in [1.165, 1.54) is 7.05 Å². The molecule has 0 unspecified atom stereocenters. The number of hydrogen-bond acceptors (Lipinski definition) is 5. The van der Waals surface area contributed by atoms with E-state index in [4.69, 9.17) is 4.74 Å². The minimum absolute atomic E-state index is 0.120. The summed E-state index contributed by atoms with van der Waals surface area (Å²) in [5, 5.41) is 2.33. The molecule has 1 aliphatic heterocycles. The lowest BCUT2D eigenvalue weighted by Gasteiger charge is -2.33. The molecule has 0 spiro atoms. The van der Waals surface area contributed by atoms with Crippen LogP contribution in [0.15, 0.2) is 24.3 Å². The van der Waals surface area contributed by atoms with Crippen molar-refractivity contribution in [2.45, 2.75) is 19.0 Å². The highest BCUT2D eigenvalue weighted by Crippen LogP contribution is 2.26. The Balaban J connectivity index is 2.23. The zero-order valence-corrected chi connectivity index (χ0v) is 13.2. The average Bonchev–Trinajstić information content (AvgIpc) is 2.50. The van der Waals surface area contributed by atoms with Gasteiger partial charge in [-0.15, -0.1) is 0 Å². The van der Waals surface area contributed by atoms with Gasteiger partial charge in [0.15, 0.2) is 6.61 Å². The first-order chi connectivity index (χ1) is 10.3. The lowest BCUT2D eigenvalue weighted by atomic mass is 9.96. The molecular weight excluding hydrogens is 308 g/mol. The topological polar surface area (TPSA) is 92.8 Å². The van der Waals surface area contributed by atoms with E-state index in [9.17, 15) is 18.0 Å². The Bertz CT molecular complexity index is 686. The number of esters is 1. The number of benzene rings is 1. The molecule has 1 heterocycles. The van der Waals surface area contributed by atoms with Crippen molar-refractivity contribution >= 4 is 21.9 Å². The minimum atomic E-state index is -3.57. The zero-order chi connectivity index (χ0) is 16.3. The van der Waals surface area contributed by atoms with E-state index < -0.39 is 34.5 Å². The van der Waals surface area contributed by atoms with Crippen molar-refractivity contribution in [3.8, 4) is 0 Å². The second-order valence-corrected chi connectivity index (χ2v) is 7.01. The molecule has 1 aromatic carbocycles. The van der Waals surface area contributed by atoms with Crippen LogP contribution >= 0.6 is 0 Å². The fourth-order valence-corrected chi connectivity index (χ4v) is 3.35. The molecule has 1 atom stereocenters. The molecule has 0 aromatic heterocycles. The quantitative estimate of drug-likeness (QED) is 0.764. The lowest BCUT2D eigenvalue weighted by molar-refractivity contribution is -0.152. The first kappa shape index (κ1) is 16.4. The van der Waals surface area contributed by atoms with Crippen LogP contribution in [0.3, 0.4) is 0 Å². The molecule has 0 radical (unpaired) electrons. The van der Waals surface area contributed by atoms with E-state index in [1.54, 1.807) is 0 Å². The summed E-state index contributed by atoms with van der Waals surface area (Å²) in [6.07, 6.45) is 1.29. The molecule has 1 aliphatic rings. The lowest BCUT2D eigenvalue weighted by Crippen LogP contribution is -2.49. The van der Waals surface area contributed by atoms with E-state index in [1.807, 2.05) is 24.3 Å². The first-order valence-corrected chi connectivity index (χ1v) is 8.58. The van der Waals surface area contributed by atoms with E-state index in [-0.39, 0.29) is 13.0 Å². The van der Waals surface area contributed by atoms with Crippen LogP contribution in [0.1, 0.15) is 11.1 Å². The second kappa shape index (κ2) is 6.45. The van der Waals surface area contributed by atoms with Crippen LogP contribution in [0, 0.1) is 0 Å². The molecule has 1 aromatic rings. The van der Waals surface area contributed by atoms with E-state index in [2.05, 4.69) is 5.32 Å². The van der Waals surface area contributed by atoms with Gasteiger partial charge in [0.25, 0.3) is 5.91 Å². The van der Waals surface area contributed by atoms with Gasteiger partial charge >= 0.3 is 5.97 Å². The van der Waals surface area contributed by atoms with Crippen molar-refractivity contribution < 1.29 is 22.7 Å². The normalized spacial score (nSPS) is 18.4. The third kappa shape index (κ3) is 3.63. The summed E-state index contributed by atoms with van der Waals surface area (Å²) in [4.78, 5) is 23.3. The van der Waals surface area contributed by atoms with Crippen LogP contribution in [0.4, 0.5) is 0 Å². The Hall–Kier alpha value is -1.93. The number of hydrogen-bond donors (Lipinski definition) is 1. The van der Waals surface area contributed by atoms with Crippen molar-refractivity contribution in [2.75, 3.05) is 19.9 Å². The second-order valence-electron chi connectivity index (χ2n) is 5.08. The molecule has 0 bridgehead atoms. The summed E-state index contributed by atoms with van der Waals surface area (Å²) in [7, 11) is -2.15. The SMILES string of the molecule is CNC(=O)COC(=O)[C@@H]1Cc2ccccc2CN1S(C)(=O)=O. The van der Waals surface area contributed by atoms with Crippen LogP contribution in [0.25, 0.3) is 0 Å². The van der Waals surface area contributed by atoms with Gasteiger partial charge in [-0.05, 0) is 11.1 Å². The maximum absolute atomic E-state index is 12.2. The van der Waals surface area contributed by atoms with Crippen molar-refractivity contribution in [1.82, 2.24) is 9.62 Å². The minimum Gasteiger partial charge on any atom is -0.454 e. The molecule has 0 fully saturated rings. The fraction of sp³-hybridized carbons (Fsp3) is 0.429. The first-order valence-electron chi connectivity index (χ1n) is 6.73. The summed E-state index contributed by atoms with van der Waals surface area (Å²) in [5.74, 6) is -1.17. The number of amides is 1. The molecule has 0 saturated heterocycles. The van der Waals surface area contributed by atoms with Gasteiger partial charge in [0.2, 0.25) is 10.0 Å². The number of fused-ring (bicyclic) bond motifs is 1. The Morgan fingerprint density at radius 3 is 2.55 bits per heavy atom. The van der Waals surface area contributed by atoms with Crippen LogP contribution < -0.4 is 5.32 Å². The van der Waals surface area contributed by atoms with Crippen LogP contribution in [-0.2, 0) is 37.3 Å². The Labute approximate surface area is 129 Å². The molecule has 8 heteroatoms. The maximum atomic E-state index is 12.2. The summed E-state index contributed by atoms with van der Waals surface area (Å²) >= 11 is 0. The smallest absolute Gasteiger partial charge is 0.325 e. The van der Waals surface area contributed by atoms with Crippen molar-refractivity contribution in [1.29, 1.82) is 0 Å². The summed E-state index contributed by atoms with van der Waals surface area (Å²) in [6, 6.07) is 6.40. The summed E-state index contributed by atoms with van der Waals surface area (Å²) in [5.41, 5.74) is 1.77. The average molecular weight is 326 g/mol. The number of nitrogens with one attached hydrogen (secondary N) is 1. The third-order valence-electron chi connectivity index (χ3n) is 3.53. The van der Waals surface area contributed by atoms with Gasteiger partial charge < -0.3 is 10.1 Å². The van der Waals surface area contributed by atoms with Gasteiger partial charge in [0.05, 0.1) is 6.26 Å². The Kier molecular flexibility index (Phi) is 4.82. The van der Waals surface area contributed by atoms with Crippen LogP contribution in [-0.4, -0.2) is 50.6 Å². The number of nitrogens with zero attached hydrogens (tertiary/aromatic N) is 1. The van der Waals surface area contributed by atoms with E-state index in [0.29, 0.717) is 0 Å². The molecule has 22 heavy (non-hydrogen) atoms. The Morgan fingerprint density at radius 2 is 1.95 bits per heavy atom. The highest BCUT2D eigenvalue weighted by Gasteiger charge is 2.37. The maximum Gasteiger partial charge on any atom is 0.325 e. The number of sulfonamides is 1. The Morgan fingerprint density at radius 1 is 1.32 bits per heavy atom. The van der Waals surface area contributed by atoms with Gasteiger partial charge in [0.1, 0.15) is 6.04 Å². The van der Waals surface area contributed by atoms with E-state index in [0.717, 1.165) is 21.7 Å². The third-order valence-corrected chi connectivity index (χ3v) is 4.76. The van der Waals surface area contributed by atoms with Gasteiger partial charge in [-0.3, -0.25) is 9.59 Å². The predicted octanol–water partition coefficient (Wildman–Crippen LogP) is -0.338. The number of likely N-dealkylation sites (N-methyl/N-ethyl adjacent to an activating group) is 1. The molecular formula is C14H18N2O5S. The number of ether oxygens (including phenoxy) is 1. The van der Waals surface area contributed by atoms with Crippen molar-refractivity contribution in [3.63, 3.8) is 0 Å². The molecule has 1 N–H and O–H groups in total. The van der Waals surface area contributed by atoms with E-state index >= 15 is 0 Å². The molecule has 2 rings (SSSR count). The molecule has 7 nitrogen and oxygen atoms in total. The monoisotopic (exact) mass is 326 g/mol. The van der Waals surface area contributed by atoms with Crippen molar-refractivity contribution in [3.05, 3.63) is 35.4 Å². The van der Waals surface area contributed by atoms with Gasteiger partial charge in [-0.2, -0.15) is 4.31 Å². The van der Waals surface area contributed by atoms with Gasteiger partial charge in [-0.1, -0.05) is 24.3 Å². The molecule has 1 amide bonds. The van der Waals surface area contributed by atoms with Gasteiger partial charge in [0, 0.05) is 20.0 Å². The summed E-state index contributed by atoms with van der Waals surface area (Å²) in [6.45, 7) is -0.306. The number of carbonyl (C=O) groups excluding carboxylic acids is 2. The standard InChI is InChI=1S/C14H18N2O5S/c1-15-13(17)9-21-14(18)12-7-10-5-3-4-6-11(10)8-16(12)22(2,19)20/h3-6,12H,7-9H2,1-2H3,(H,15,17)/t12-/m0/s1. The predicted molar refractivity (Wildman–Crippen MR) is 79.3 cm³/mol. The highest BCUT2D eigenvalue weighted by molar-refractivity contribution is 7.88. The number of rotatable bonds is 4. The highest BCUT2D eigenvalue weighted by atomic mass is 32.2.